The van der Waals surface area contributed by atoms with Crippen molar-refractivity contribution in [2.24, 2.45) is 0 Å². The van der Waals surface area contributed by atoms with E-state index in [9.17, 15) is 0 Å². The molecule has 0 aromatic carbocycles. The summed E-state index contributed by atoms with van der Waals surface area (Å²) in [4.78, 5) is 3.81. The molecule has 10 heavy (non-hydrogen) atoms. The molecule has 0 unspecified atom stereocenters. The molecule has 0 bridgehead atoms. The zero-order valence-electron chi connectivity index (χ0n) is 5.87. The van der Waals surface area contributed by atoms with E-state index in [1.165, 1.54) is 0 Å². The van der Waals surface area contributed by atoms with Crippen molar-refractivity contribution in [2.45, 2.75) is 0 Å². The SMILES string of the molecule is [CH2-]c1[c-]cccn1.[CH3-].[W].[Y]. The van der Waals surface area contributed by atoms with Crippen molar-refractivity contribution in [2.75, 3.05) is 0 Å². The number of hydrogen-bond donors (Lipinski definition) is 0. The Bertz CT molecular complexity index is 144. The summed E-state index contributed by atoms with van der Waals surface area (Å²) in [5.74, 6) is 0. The van der Waals surface area contributed by atoms with Gasteiger partial charge in [0.15, 0.2) is 0 Å². The molecule has 0 aliphatic heterocycles. The van der Waals surface area contributed by atoms with Crippen molar-refractivity contribution < 1.29 is 53.8 Å². The van der Waals surface area contributed by atoms with Gasteiger partial charge < -0.3 is 25.4 Å². The summed E-state index contributed by atoms with van der Waals surface area (Å²) in [5.41, 5.74) is 0.697. The van der Waals surface area contributed by atoms with Crippen LogP contribution in [0.5, 0.6) is 0 Å². The van der Waals surface area contributed by atoms with Crippen LogP contribution in [0.15, 0.2) is 18.3 Å². The molecule has 0 saturated carbocycles. The van der Waals surface area contributed by atoms with Crippen molar-refractivity contribution in [1.29, 1.82) is 0 Å². The zero-order valence-corrected chi connectivity index (χ0v) is 11.6. The Morgan fingerprint density at radius 1 is 1.50 bits per heavy atom. The van der Waals surface area contributed by atoms with Gasteiger partial charge in [-0.15, -0.1) is 0 Å². The van der Waals surface area contributed by atoms with Crippen molar-refractivity contribution in [3.63, 3.8) is 0 Å². The second-order valence-electron chi connectivity index (χ2n) is 1.23. The van der Waals surface area contributed by atoms with Crippen LogP contribution in [0, 0.1) is 20.4 Å². The minimum Gasteiger partial charge on any atom is -0.482 e. The predicted molar refractivity (Wildman–Crippen MR) is 33.9 cm³/mol. The largest absolute Gasteiger partial charge is 0.482 e. The molecule has 1 heterocycles. The molecule has 0 spiro atoms. The predicted octanol–water partition coefficient (Wildman–Crippen LogP) is 1.51. The Hall–Kier alpha value is 0.812. The Kier molecular flexibility index (Phi) is 16.7. The van der Waals surface area contributed by atoms with E-state index in [0.29, 0.717) is 5.69 Å². The summed E-state index contributed by atoms with van der Waals surface area (Å²) in [6.45, 7) is 3.55. The van der Waals surface area contributed by atoms with E-state index < -0.39 is 0 Å². The molecule has 0 saturated heterocycles. The molecule has 1 aromatic heterocycles. The normalized spacial score (nSPS) is 6.00. The Labute approximate surface area is 102 Å². The van der Waals surface area contributed by atoms with Crippen molar-refractivity contribution in [3.05, 3.63) is 44.4 Å². The van der Waals surface area contributed by atoms with Gasteiger partial charge in [-0.1, -0.05) is 6.07 Å². The summed E-state index contributed by atoms with van der Waals surface area (Å²) in [7, 11) is 0. The van der Waals surface area contributed by atoms with E-state index in [1.54, 1.807) is 12.3 Å². The second-order valence-corrected chi connectivity index (χ2v) is 1.23. The van der Waals surface area contributed by atoms with Crippen LogP contribution in [0.4, 0.5) is 0 Å². The maximum absolute atomic E-state index is 3.81. The fraction of sp³-hybridized carbons (Fsp3) is 0. The Morgan fingerprint density at radius 3 is 2.30 bits per heavy atom. The molecule has 0 fully saturated rings. The number of hydrogen-bond acceptors (Lipinski definition) is 1. The van der Waals surface area contributed by atoms with Gasteiger partial charge in [0, 0.05) is 60.0 Å². The third-order valence-electron chi connectivity index (χ3n) is 0.663. The molecule has 0 N–H and O–H groups in total. The minimum atomic E-state index is 0. The molecule has 1 radical (unpaired) electrons. The number of pyridine rings is 1. The molecule has 1 rings (SSSR count). The summed E-state index contributed by atoms with van der Waals surface area (Å²) in [6, 6.07) is 6.41. The molecule has 0 amide bonds. The Morgan fingerprint density at radius 2 is 2.10 bits per heavy atom. The monoisotopic (exact) mass is 379 g/mol. The van der Waals surface area contributed by atoms with Crippen LogP contribution in [-0.4, -0.2) is 4.98 Å². The first-order valence-corrected chi connectivity index (χ1v) is 2.04. The molecule has 53 valence electrons. The van der Waals surface area contributed by atoms with Crippen LogP contribution in [0.25, 0.3) is 0 Å². The van der Waals surface area contributed by atoms with Crippen LogP contribution in [0.2, 0.25) is 0 Å². The van der Waals surface area contributed by atoms with Gasteiger partial charge >= 0.3 is 0 Å². The van der Waals surface area contributed by atoms with E-state index >= 15 is 0 Å². The van der Waals surface area contributed by atoms with Gasteiger partial charge in [0.25, 0.3) is 0 Å². The zero-order chi connectivity index (χ0) is 5.11. The fourth-order valence-corrected chi connectivity index (χ4v) is 0.358. The van der Waals surface area contributed by atoms with E-state index in [2.05, 4.69) is 18.0 Å². The van der Waals surface area contributed by atoms with Crippen molar-refractivity contribution in [3.8, 4) is 0 Å². The van der Waals surface area contributed by atoms with Gasteiger partial charge in [0.05, 0.1) is 0 Å². The second kappa shape index (κ2) is 9.81. The number of rotatable bonds is 0. The van der Waals surface area contributed by atoms with E-state index in [1.807, 2.05) is 6.07 Å². The fourth-order valence-electron chi connectivity index (χ4n) is 0.358. The molecule has 0 aliphatic rings. The summed E-state index contributed by atoms with van der Waals surface area (Å²) in [5, 5.41) is 0. The molecule has 1 nitrogen and oxygen atoms in total. The maximum Gasteiger partial charge on any atom is 0.0179 e. The number of aromatic nitrogens is 1. The molecule has 1 aromatic rings. The first-order chi connectivity index (χ1) is 3.39. The third-order valence-corrected chi connectivity index (χ3v) is 0.663. The number of nitrogens with zero attached hydrogens (tertiary/aromatic N) is 1. The smallest absolute Gasteiger partial charge is 0.0179 e. The van der Waals surface area contributed by atoms with Crippen LogP contribution < -0.4 is 0 Å². The first kappa shape index (κ1) is 17.1. The minimum absolute atomic E-state index is 0. The van der Waals surface area contributed by atoms with Crippen LogP contribution in [0.1, 0.15) is 5.69 Å². The van der Waals surface area contributed by atoms with Gasteiger partial charge in [-0.3, -0.25) is 5.69 Å². The van der Waals surface area contributed by atoms with Gasteiger partial charge in [0.2, 0.25) is 0 Å². The van der Waals surface area contributed by atoms with E-state index in [0.717, 1.165) is 0 Å². The average molecular weight is 379 g/mol. The first-order valence-electron chi connectivity index (χ1n) is 2.04. The van der Waals surface area contributed by atoms with E-state index in [4.69, 9.17) is 0 Å². The molecule has 3 heteroatoms. The molecular formula is C7H8NWY-3. The molecule has 0 atom stereocenters. The van der Waals surface area contributed by atoms with E-state index in [-0.39, 0.29) is 61.2 Å². The summed E-state index contributed by atoms with van der Waals surface area (Å²) in [6.07, 6.45) is 1.69. The Balaban J connectivity index is -0.000000163. The molecule has 0 aliphatic carbocycles. The summed E-state index contributed by atoms with van der Waals surface area (Å²) >= 11 is 0. The van der Waals surface area contributed by atoms with Crippen LogP contribution in [0.3, 0.4) is 0 Å². The standard InChI is InChI=1S/C6H5N.CH3.W.Y/c1-6-4-2-3-5-7-6;;;/h2-3,5H,1H2;1H3;;/q-2;-1;;. The maximum atomic E-state index is 3.81. The van der Waals surface area contributed by atoms with Crippen LogP contribution in [-0.2, 0) is 53.8 Å². The average Bonchev–Trinajstić information content (AvgIpc) is 1.69. The van der Waals surface area contributed by atoms with Crippen molar-refractivity contribution >= 4 is 0 Å². The van der Waals surface area contributed by atoms with Crippen molar-refractivity contribution in [1.82, 2.24) is 4.98 Å². The topological polar surface area (TPSA) is 12.9 Å². The summed E-state index contributed by atoms with van der Waals surface area (Å²) < 4.78 is 0. The third kappa shape index (κ3) is 6.93. The van der Waals surface area contributed by atoms with Crippen LogP contribution >= 0.6 is 0 Å². The quantitative estimate of drug-likeness (QED) is 0.624. The van der Waals surface area contributed by atoms with Gasteiger partial charge in [0.1, 0.15) is 0 Å². The van der Waals surface area contributed by atoms with Gasteiger partial charge in [-0.05, 0) is 0 Å². The van der Waals surface area contributed by atoms with Gasteiger partial charge in [-0.2, -0.15) is 0 Å². The van der Waals surface area contributed by atoms with Gasteiger partial charge in [-0.25, -0.2) is 6.07 Å². The molecular weight excluding hydrogens is 371 g/mol.